The van der Waals surface area contributed by atoms with Gasteiger partial charge in [-0.1, -0.05) is 31.2 Å². The molecule has 5 rings (SSSR count). The van der Waals surface area contributed by atoms with Crippen molar-refractivity contribution in [2.45, 2.75) is 51.6 Å². The average Bonchev–Trinajstić information content (AvgIpc) is 2.79. The van der Waals surface area contributed by atoms with Gasteiger partial charge >= 0.3 is 0 Å². The number of hydrogen-bond acceptors (Lipinski definition) is 3. The van der Waals surface area contributed by atoms with Crippen LogP contribution in [0.25, 0.3) is 22.0 Å². The predicted octanol–water partition coefficient (Wildman–Crippen LogP) is 5.31. The van der Waals surface area contributed by atoms with Crippen LogP contribution in [0.1, 0.15) is 43.7 Å². The maximum atomic E-state index is 12.0. The molecule has 1 spiro atoms. The van der Waals surface area contributed by atoms with E-state index in [-0.39, 0.29) is 11.5 Å². The number of piperidine rings is 1. The highest BCUT2D eigenvalue weighted by Gasteiger charge is 2.40. The molecule has 3 aromatic rings. The molecule has 2 aliphatic heterocycles. The Morgan fingerprint density at radius 3 is 2.77 bits per heavy atom. The van der Waals surface area contributed by atoms with E-state index >= 15 is 0 Å². The fourth-order valence-electron chi connectivity index (χ4n) is 5.03. The number of aromatic nitrogens is 1. The highest BCUT2D eigenvalue weighted by Crippen LogP contribution is 2.41. The number of likely N-dealkylation sites (tertiary alicyclic amines) is 1. The summed E-state index contributed by atoms with van der Waals surface area (Å²) in [5.41, 5.74) is 5.91. The van der Waals surface area contributed by atoms with Crippen LogP contribution in [0.4, 0.5) is 0 Å². The number of hydrogen-bond donors (Lipinski definition) is 0. The fraction of sp³-hybridized carbons (Fsp3) is 0.385. The van der Waals surface area contributed by atoms with Gasteiger partial charge in [0.15, 0.2) is 0 Å². The lowest BCUT2D eigenvalue weighted by molar-refractivity contribution is -0.134. The summed E-state index contributed by atoms with van der Waals surface area (Å²) in [5, 5.41) is 1.18. The van der Waals surface area contributed by atoms with Crippen molar-refractivity contribution in [2.75, 3.05) is 13.1 Å². The first-order valence-electron chi connectivity index (χ1n) is 11.0. The molecule has 30 heavy (non-hydrogen) atoms. The molecule has 0 atom stereocenters. The number of fused-ring (bicyclic) bond motifs is 2. The van der Waals surface area contributed by atoms with Gasteiger partial charge in [-0.15, -0.1) is 0 Å². The number of pyridine rings is 1. The Labute approximate surface area is 177 Å². The van der Waals surface area contributed by atoms with Gasteiger partial charge in [0.1, 0.15) is 11.4 Å². The number of amides is 1. The second kappa shape index (κ2) is 7.42. The zero-order valence-corrected chi connectivity index (χ0v) is 17.8. The Kier molecular flexibility index (Phi) is 4.73. The molecule has 0 N–H and O–H groups in total. The first kappa shape index (κ1) is 19.1. The molecule has 0 saturated carbocycles. The summed E-state index contributed by atoms with van der Waals surface area (Å²) in [7, 11) is 0. The van der Waals surface area contributed by atoms with Crippen LogP contribution in [-0.4, -0.2) is 34.5 Å². The fourth-order valence-corrected chi connectivity index (χ4v) is 5.03. The van der Waals surface area contributed by atoms with E-state index in [0.717, 1.165) is 50.0 Å². The molecule has 4 nitrogen and oxygen atoms in total. The van der Waals surface area contributed by atoms with Crippen LogP contribution in [0.15, 0.2) is 48.7 Å². The lowest BCUT2D eigenvalue weighted by Gasteiger charge is -2.44. The molecule has 0 radical (unpaired) electrons. The number of rotatable bonds is 2. The van der Waals surface area contributed by atoms with Crippen LogP contribution in [0.3, 0.4) is 0 Å². The summed E-state index contributed by atoms with van der Waals surface area (Å²) in [4.78, 5) is 18.6. The zero-order chi connectivity index (χ0) is 20.7. The van der Waals surface area contributed by atoms with Crippen molar-refractivity contribution >= 4 is 16.8 Å². The Bertz CT molecular complexity index is 1110. The van der Waals surface area contributed by atoms with E-state index < -0.39 is 0 Å². The molecule has 3 heterocycles. The Balaban J connectivity index is 1.39. The normalized spacial score (nSPS) is 17.6. The number of ether oxygens (including phenoxy) is 1. The topological polar surface area (TPSA) is 42.4 Å². The van der Waals surface area contributed by atoms with Crippen molar-refractivity contribution in [3.05, 3.63) is 59.8 Å². The number of carbonyl (C=O) groups is 1. The van der Waals surface area contributed by atoms with Gasteiger partial charge < -0.3 is 9.64 Å². The van der Waals surface area contributed by atoms with E-state index in [1.54, 1.807) is 0 Å². The summed E-state index contributed by atoms with van der Waals surface area (Å²) >= 11 is 0. The van der Waals surface area contributed by atoms with Gasteiger partial charge in [0.25, 0.3) is 0 Å². The summed E-state index contributed by atoms with van der Waals surface area (Å²) in [5.74, 6) is 1.27. The van der Waals surface area contributed by atoms with Gasteiger partial charge in [0, 0.05) is 43.9 Å². The molecule has 1 saturated heterocycles. The van der Waals surface area contributed by atoms with Crippen LogP contribution in [0.2, 0.25) is 0 Å². The maximum Gasteiger partial charge on any atom is 0.222 e. The lowest BCUT2D eigenvalue weighted by Crippen LogP contribution is -2.51. The monoisotopic (exact) mass is 400 g/mol. The molecule has 2 aromatic carbocycles. The summed E-state index contributed by atoms with van der Waals surface area (Å²) in [6.45, 7) is 5.71. The van der Waals surface area contributed by atoms with Crippen LogP contribution < -0.4 is 4.74 Å². The quantitative estimate of drug-likeness (QED) is 0.586. The van der Waals surface area contributed by atoms with Gasteiger partial charge in [0.05, 0.1) is 5.52 Å². The highest BCUT2D eigenvalue weighted by molar-refractivity contribution is 5.88. The average molecular weight is 401 g/mol. The summed E-state index contributed by atoms with van der Waals surface area (Å²) < 4.78 is 6.56. The second-order valence-electron chi connectivity index (χ2n) is 8.66. The van der Waals surface area contributed by atoms with Gasteiger partial charge in [-0.2, -0.15) is 0 Å². The van der Waals surface area contributed by atoms with E-state index in [1.165, 1.54) is 27.6 Å². The smallest absolute Gasteiger partial charge is 0.222 e. The third-order valence-electron chi connectivity index (χ3n) is 6.91. The Morgan fingerprint density at radius 1 is 1.13 bits per heavy atom. The third kappa shape index (κ3) is 3.24. The predicted molar refractivity (Wildman–Crippen MR) is 120 cm³/mol. The Hall–Kier alpha value is -2.88. The summed E-state index contributed by atoms with van der Waals surface area (Å²) in [6.07, 6.45) is 6.35. The van der Waals surface area contributed by atoms with Crippen molar-refractivity contribution in [1.29, 1.82) is 0 Å². The van der Waals surface area contributed by atoms with Crippen molar-refractivity contribution in [1.82, 2.24) is 9.88 Å². The molecule has 1 aromatic heterocycles. The molecule has 0 bridgehead atoms. The van der Waals surface area contributed by atoms with E-state index in [2.05, 4.69) is 48.3 Å². The molecule has 0 unspecified atom stereocenters. The first-order valence-corrected chi connectivity index (χ1v) is 11.0. The highest BCUT2D eigenvalue weighted by atomic mass is 16.5. The van der Waals surface area contributed by atoms with E-state index in [4.69, 9.17) is 4.74 Å². The van der Waals surface area contributed by atoms with Crippen LogP contribution in [0, 0.1) is 6.92 Å². The van der Waals surface area contributed by atoms with Crippen LogP contribution in [-0.2, 0) is 11.2 Å². The van der Waals surface area contributed by atoms with Gasteiger partial charge in [-0.25, -0.2) is 0 Å². The number of aryl methyl sites for hydroxylation is 2. The largest absolute Gasteiger partial charge is 0.487 e. The van der Waals surface area contributed by atoms with Gasteiger partial charge in [0.2, 0.25) is 5.91 Å². The minimum absolute atomic E-state index is 0.109. The molecule has 1 amide bonds. The standard InChI is InChI=1S/C26H28N2O2/c1-3-24(29)28-15-12-26(13-16-28)11-10-21-17-20(7-9-23(21)30-26)22-8-6-19-5-4-14-27-25(19)18(22)2/h4-9,14,17H,3,10-13,15-16H2,1-2H3. The molecule has 4 heteroatoms. The first-order chi connectivity index (χ1) is 14.6. The minimum atomic E-state index is -0.109. The lowest BCUT2D eigenvalue weighted by atomic mass is 9.82. The van der Waals surface area contributed by atoms with E-state index in [9.17, 15) is 4.79 Å². The minimum Gasteiger partial charge on any atom is -0.487 e. The van der Waals surface area contributed by atoms with Gasteiger partial charge in [-0.3, -0.25) is 9.78 Å². The Morgan fingerprint density at radius 2 is 1.97 bits per heavy atom. The van der Waals surface area contributed by atoms with Crippen LogP contribution in [0.5, 0.6) is 5.75 Å². The number of carbonyl (C=O) groups excluding carboxylic acids is 1. The number of benzene rings is 2. The van der Waals surface area contributed by atoms with Crippen molar-refractivity contribution in [2.24, 2.45) is 0 Å². The molecule has 2 aliphatic rings. The van der Waals surface area contributed by atoms with Crippen molar-refractivity contribution < 1.29 is 9.53 Å². The van der Waals surface area contributed by atoms with Crippen molar-refractivity contribution in [3.63, 3.8) is 0 Å². The zero-order valence-electron chi connectivity index (χ0n) is 17.8. The molecular weight excluding hydrogens is 372 g/mol. The summed E-state index contributed by atoms with van der Waals surface area (Å²) in [6, 6.07) is 15.0. The van der Waals surface area contributed by atoms with Gasteiger partial charge in [-0.05, 0) is 60.2 Å². The maximum absolute atomic E-state index is 12.0. The van der Waals surface area contributed by atoms with Crippen molar-refractivity contribution in [3.8, 4) is 16.9 Å². The molecule has 1 fully saturated rings. The van der Waals surface area contributed by atoms with Crippen LogP contribution >= 0.6 is 0 Å². The molecular formula is C26H28N2O2. The number of nitrogens with zero attached hydrogens (tertiary/aromatic N) is 2. The molecule has 0 aliphatic carbocycles. The van der Waals surface area contributed by atoms with E-state index in [1.807, 2.05) is 24.1 Å². The third-order valence-corrected chi connectivity index (χ3v) is 6.91. The van der Waals surface area contributed by atoms with E-state index in [0.29, 0.717) is 6.42 Å². The SMILES string of the molecule is CCC(=O)N1CCC2(CCc3cc(-c4ccc5cccnc5c4C)ccc3O2)CC1. The molecule has 154 valence electrons. The second-order valence-corrected chi connectivity index (χ2v) is 8.66.